The van der Waals surface area contributed by atoms with Crippen LogP contribution in [0.25, 0.3) is 11.2 Å². The molecule has 0 amide bonds. The molecule has 0 radical (unpaired) electrons. The Hall–Kier alpha value is -2.43. The molecule has 1 unspecified atom stereocenters. The van der Waals surface area contributed by atoms with E-state index in [1.165, 1.54) is 6.33 Å². The fourth-order valence-electron chi connectivity index (χ4n) is 4.10. The van der Waals surface area contributed by atoms with Gasteiger partial charge in [-0.2, -0.15) is 0 Å². The first-order valence-corrected chi connectivity index (χ1v) is 11.6. The van der Waals surface area contributed by atoms with Gasteiger partial charge in [-0.1, -0.05) is 27.5 Å². The first kappa shape index (κ1) is 22.8. The van der Waals surface area contributed by atoms with E-state index in [2.05, 4.69) is 35.8 Å². The molecule has 4 rings (SSSR count). The lowest BCUT2D eigenvalue weighted by Crippen LogP contribution is -2.43. The Bertz CT molecular complexity index is 1150. The van der Waals surface area contributed by atoms with Crippen LogP contribution in [0.1, 0.15) is 31.7 Å². The molecule has 3 heterocycles. The highest BCUT2D eigenvalue weighted by molar-refractivity contribution is 9.10. The smallest absolute Gasteiger partial charge is 0.305 e. The summed E-state index contributed by atoms with van der Waals surface area (Å²) in [4.78, 5) is 26.7. The van der Waals surface area contributed by atoms with E-state index in [-0.39, 0.29) is 5.97 Å². The van der Waals surface area contributed by atoms with Crippen LogP contribution in [0.15, 0.2) is 29.3 Å². The average Bonchev–Trinajstić information content (AvgIpc) is 3.34. The second kappa shape index (κ2) is 9.21. The molecule has 9 nitrogen and oxygen atoms in total. The molecule has 1 aliphatic heterocycles. The zero-order valence-electron chi connectivity index (χ0n) is 17.7. The molecule has 0 saturated carbocycles. The van der Waals surface area contributed by atoms with Crippen LogP contribution in [0.5, 0.6) is 0 Å². The summed E-state index contributed by atoms with van der Waals surface area (Å²) in [7, 11) is 0. The number of anilines is 2. The van der Waals surface area contributed by atoms with E-state index in [0.29, 0.717) is 54.5 Å². The molecule has 32 heavy (non-hydrogen) atoms. The number of ether oxygens (including phenoxy) is 1. The lowest BCUT2D eigenvalue weighted by molar-refractivity contribution is -0.143. The lowest BCUT2D eigenvalue weighted by Gasteiger charge is -2.27. The van der Waals surface area contributed by atoms with Crippen molar-refractivity contribution in [2.24, 2.45) is 5.73 Å². The summed E-state index contributed by atoms with van der Waals surface area (Å²) in [5, 5.41) is 0.624. The average molecular weight is 523 g/mol. The number of fused-ring (bicyclic) bond motifs is 1. The van der Waals surface area contributed by atoms with Crippen molar-refractivity contribution in [1.82, 2.24) is 19.5 Å². The molecular weight excluding hydrogens is 498 g/mol. The maximum Gasteiger partial charge on any atom is 0.305 e. The number of nitrogen functional groups attached to an aromatic ring is 1. The van der Waals surface area contributed by atoms with E-state index in [9.17, 15) is 4.79 Å². The summed E-state index contributed by atoms with van der Waals surface area (Å²) >= 11 is 10.1. The van der Waals surface area contributed by atoms with Crippen LogP contribution in [-0.2, 0) is 16.1 Å². The fourth-order valence-corrected chi connectivity index (χ4v) is 5.02. The van der Waals surface area contributed by atoms with Gasteiger partial charge in [0.2, 0.25) is 0 Å². The van der Waals surface area contributed by atoms with Crippen molar-refractivity contribution in [3.63, 3.8) is 0 Å². The normalized spacial score (nSPS) is 18.4. The zero-order chi connectivity index (χ0) is 22.9. The first-order valence-electron chi connectivity index (χ1n) is 10.4. The second-order valence-corrected chi connectivity index (χ2v) is 9.32. The number of hydrogen-bond acceptors (Lipinski definition) is 8. The molecule has 4 N–H and O–H groups in total. The Kier molecular flexibility index (Phi) is 6.55. The molecule has 0 aliphatic carbocycles. The molecule has 1 aromatic carbocycles. The van der Waals surface area contributed by atoms with E-state index in [0.717, 1.165) is 28.7 Å². The van der Waals surface area contributed by atoms with Crippen molar-refractivity contribution in [3.05, 3.63) is 39.8 Å². The largest absolute Gasteiger partial charge is 0.466 e. The van der Waals surface area contributed by atoms with Gasteiger partial charge in [-0.3, -0.25) is 4.79 Å². The van der Waals surface area contributed by atoms with Gasteiger partial charge in [-0.15, -0.1) is 0 Å². The van der Waals surface area contributed by atoms with Crippen molar-refractivity contribution in [2.75, 3.05) is 30.3 Å². The minimum Gasteiger partial charge on any atom is -0.466 e. The monoisotopic (exact) mass is 521 g/mol. The van der Waals surface area contributed by atoms with Crippen LogP contribution in [-0.4, -0.2) is 50.7 Å². The summed E-state index contributed by atoms with van der Waals surface area (Å²) in [6, 6.07) is 3.82. The van der Waals surface area contributed by atoms with E-state index in [4.69, 9.17) is 27.8 Å². The third kappa shape index (κ3) is 4.67. The minimum absolute atomic E-state index is 0.213. The van der Waals surface area contributed by atoms with Crippen LogP contribution < -0.4 is 16.4 Å². The van der Waals surface area contributed by atoms with Crippen LogP contribution in [0.2, 0.25) is 5.02 Å². The number of carbonyl (C=O) groups excluding carboxylic acids is 1. The summed E-state index contributed by atoms with van der Waals surface area (Å²) in [5.74, 6) is 0.133. The van der Waals surface area contributed by atoms with E-state index >= 15 is 0 Å². The van der Waals surface area contributed by atoms with Gasteiger partial charge in [0.1, 0.15) is 11.8 Å². The number of carbonyl (C=O) groups is 1. The number of nitrogens with two attached hydrogens (primary N) is 2. The molecule has 3 aromatic rings. The molecule has 1 atom stereocenters. The molecule has 2 aromatic heterocycles. The fraction of sp³-hybridized carbons (Fsp3) is 0.429. The summed E-state index contributed by atoms with van der Waals surface area (Å²) in [5.41, 5.74) is 15.3. The quantitative estimate of drug-likeness (QED) is 0.453. The van der Waals surface area contributed by atoms with Crippen LogP contribution in [0.4, 0.5) is 11.5 Å². The number of aromatic nitrogens is 4. The number of halogens is 2. The Balaban J connectivity index is 1.60. The van der Waals surface area contributed by atoms with E-state index in [1.807, 2.05) is 16.7 Å². The minimum atomic E-state index is -0.470. The number of benzene rings is 1. The van der Waals surface area contributed by atoms with E-state index < -0.39 is 5.54 Å². The van der Waals surface area contributed by atoms with Crippen molar-refractivity contribution >= 4 is 56.2 Å². The standard InChI is InChI=1S/C21H25BrClN7O2/c1-2-32-17(31)3-4-21(25)5-6-29(10-21)16-8-13(23)7-15(22)14(16)9-30-12-28-18-19(24)26-11-27-20(18)30/h7-8,11-12H,2-6,9-10,25H2,1H3,(H2,24,26,27). The van der Waals surface area contributed by atoms with Gasteiger partial charge < -0.3 is 25.7 Å². The van der Waals surface area contributed by atoms with Gasteiger partial charge in [-0.25, -0.2) is 15.0 Å². The molecular formula is C21H25BrClN7O2. The Morgan fingerprint density at radius 1 is 1.34 bits per heavy atom. The van der Waals surface area contributed by atoms with Crippen molar-refractivity contribution in [2.45, 2.75) is 38.3 Å². The number of hydrogen-bond donors (Lipinski definition) is 2. The van der Waals surface area contributed by atoms with Crippen LogP contribution >= 0.6 is 27.5 Å². The van der Waals surface area contributed by atoms with Gasteiger partial charge >= 0.3 is 5.97 Å². The molecule has 0 bridgehead atoms. The van der Waals surface area contributed by atoms with Gasteiger partial charge in [0.15, 0.2) is 11.5 Å². The highest BCUT2D eigenvalue weighted by Gasteiger charge is 2.36. The number of rotatable bonds is 7. The SMILES string of the molecule is CCOC(=O)CCC1(N)CCN(c2cc(Cl)cc(Br)c2Cn2cnc3c(N)ncnc32)C1. The molecule has 170 valence electrons. The van der Waals surface area contributed by atoms with Gasteiger partial charge in [0, 0.05) is 45.8 Å². The summed E-state index contributed by atoms with van der Waals surface area (Å²) < 4.78 is 7.86. The maximum atomic E-state index is 11.8. The van der Waals surface area contributed by atoms with Crippen LogP contribution in [0, 0.1) is 0 Å². The van der Waals surface area contributed by atoms with Gasteiger partial charge in [0.25, 0.3) is 0 Å². The lowest BCUT2D eigenvalue weighted by atomic mass is 9.94. The second-order valence-electron chi connectivity index (χ2n) is 8.03. The predicted molar refractivity (Wildman–Crippen MR) is 128 cm³/mol. The van der Waals surface area contributed by atoms with Crippen molar-refractivity contribution in [1.29, 1.82) is 0 Å². The number of nitrogens with zero attached hydrogens (tertiary/aromatic N) is 5. The van der Waals surface area contributed by atoms with Gasteiger partial charge in [0.05, 0.1) is 19.5 Å². The number of imidazole rings is 1. The topological polar surface area (TPSA) is 125 Å². The third-order valence-corrected chi connectivity index (χ3v) is 6.68. The Morgan fingerprint density at radius 2 is 2.16 bits per heavy atom. The molecule has 0 spiro atoms. The van der Waals surface area contributed by atoms with Gasteiger partial charge in [-0.05, 0) is 31.9 Å². The first-order chi connectivity index (χ1) is 15.3. The Morgan fingerprint density at radius 3 is 2.94 bits per heavy atom. The van der Waals surface area contributed by atoms with Crippen molar-refractivity contribution in [3.8, 4) is 0 Å². The van der Waals surface area contributed by atoms with E-state index in [1.54, 1.807) is 13.3 Å². The third-order valence-electron chi connectivity index (χ3n) is 5.75. The highest BCUT2D eigenvalue weighted by atomic mass is 79.9. The highest BCUT2D eigenvalue weighted by Crippen LogP contribution is 2.37. The number of esters is 1. The molecule has 1 saturated heterocycles. The maximum absolute atomic E-state index is 11.8. The molecule has 11 heteroatoms. The predicted octanol–water partition coefficient (Wildman–Crippen LogP) is 3.12. The summed E-state index contributed by atoms with van der Waals surface area (Å²) in [6.07, 6.45) is 4.79. The molecule has 1 fully saturated rings. The Labute approximate surface area is 199 Å². The van der Waals surface area contributed by atoms with Crippen LogP contribution in [0.3, 0.4) is 0 Å². The molecule has 1 aliphatic rings. The summed E-state index contributed by atoms with van der Waals surface area (Å²) in [6.45, 7) is 4.07. The van der Waals surface area contributed by atoms with Crippen molar-refractivity contribution < 1.29 is 9.53 Å². The zero-order valence-corrected chi connectivity index (χ0v) is 20.1.